The molecule has 6 nitrogen and oxygen atoms in total. The molecule has 0 aliphatic carbocycles. The lowest BCUT2D eigenvalue weighted by atomic mass is 10.1. The third-order valence-corrected chi connectivity index (χ3v) is 3.51. The summed E-state index contributed by atoms with van der Waals surface area (Å²) in [5.41, 5.74) is 1.85. The van der Waals surface area contributed by atoms with Crippen LogP contribution in [0.2, 0.25) is 0 Å². The van der Waals surface area contributed by atoms with Crippen molar-refractivity contribution < 1.29 is 4.79 Å². The van der Waals surface area contributed by atoms with Gasteiger partial charge in [0.1, 0.15) is 5.82 Å². The molecule has 0 saturated carbocycles. The molecule has 0 spiro atoms. The Balaban J connectivity index is 1.83. The number of hydrogen-bond donors (Lipinski definition) is 2. The number of carbonyl (C=O) groups excluding carboxylic acids is 1. The molecular weight excluding hydrogens is 274 g/mol. The molecule has 1 aliphatic rings. The van der Waals surface area contributed by atoms with Gasteiger partial charge in [-0.05, 0) is 0 Å². The normalized spacial score (nSPS) is 17.0. The lowest BCUT2D eigenvalue weighted by molar-refractivity contribution is -0.116. The zero-order valence-corrected chi connectivity index (χ0v) is 11.2. The first kappa shape index (κ1) is 12.6. The number of aromatic amines is 1. The second-order valence-corrected chi connectivity index (χ2v) is 4.98. The van der Waals surface area contributed by atoms with Gasteiger partial charge >= 0.3 is 0 Å². The number of thioether (sulfide) groups is 1. The molecule has 1 fully saturated rings. The molecule has 0 atom stereocenters. The maximum absolute atomic E-state index is 11.0. The van der Waals surface area contributed by atoms with Gasteiger partial charge in [-0.3, -0.25) is 4.79 Å². The van der Waals surface area contributed by atoms with Crippen molar-refractivity contribution in [2.24, 2.45) is 10.2 Å². The quantitative estimate of drug-likeness (QED) is 0.664. The van der Waals surface area contributed by atoms with Gasteiger partial charge in [-0.25, -0.2) is 4.98 Å². The van der Waals surface area contributed by atoms with E-state index in [0.717, 1.165) is 17.0 Å². The average molecular weight is 285 g/mol. The number of amides is 1. The number of benzene rings is 1. The van der Waals surface area contributed by atoms with Crippen molar-refractivity contribution in [3.8, 4) is 11.4 Å². The van der Waals surface area contributed by atoms with E-state index < -0.39 is 0 Å². The zero-order chi connectivity index (χ0) is 13.8. The van der Waals surface area contributed by atoms with E-state index in [-0.39, 0.29) is 5.91 Å². The molecule has 7 heteroatoms. The fourth-order valence-corrected chi connectivity index (χ4v) is 2.39. The van der Waals surface area contributed by atoms with Gasteiger partial charge in [0.15, 0.2) is 5.17 Å². The van der Waals surface area contributed by atoms with Crippen LogP contribution in [0.25, 0.3) is 11.4 Å². The van der Waals surface area contributed by atoms with E-state index in [4.69, 9.17) is 0 Å². The molecule has 1 aliphatic heterocycles. The number of nitrogens with zero attached hydrogens (tertiary/aromatic N) is 3. The predicted octanol–water partition coefficient (Wildman–Crippen LogP) is 1.63. The number of nitrogens with one attached hydrogen (secondary N) is 2. The highest BCUT2D eigenvalue weighted by Gasteiger charge is 2.15. The summed E-state index contributed by atoms with van der Waals surface area (Å²) in [4.78, 5) is 18.3. The minimum absolute atomic E-state index is 0.0417. The maximum Gasteiger partial charge on any atom is 0.236 e. The van der Waals surface area contributed by atoms with Crippen molar-refractivity contribution in [1.29, 1.82) is 0 Å². The molecule has 20 heavy (non-hydrogen) atoms. The second-order valence-electron chi connectivity index (χ2n) is 4.01. The zero-order valence-electron chi connectivity index (χ0n) is 10.4. The Kier molecular flexibility index (Phi) is 3.60. The maximum atomic E-state index is 11.0. The Hall–Kier alpha value is -2.41. The third kappa shape index (κ3) is 2.77. The highest BCUT2D eigenvalue weighted by Crippen LogP contribution is 2.18. The molecule has 0 radical (unpaired) electrons. The average Bonchev–Trinajstić information content (AvgIpc) is 3.11. The smallest absolute Gasteiger partial charge is 0.236 e. The van der Waals surface area contributed by atoms with Gasteiger partial charge in [0, 0.05) is 23.5 Å². The molecular formula is C13H11N5OS. The van der Waals surface area contributed by atoms with Crippen LogP contribution in [-0.2, 0) is 4.79 Å². The van der Waals surface area contributed by atoms with Crippen molar-refractivity contribution in [1.82, 2.24) is 15.3 Å². The summed E-state index contributed by atoms with van der Waals surface area (Å²) in [6.45, 7) is 0. The number of H-pyrrole nitrogens is 1. The number of amidine groups is 1. The summed E-state index contributed by atoms with van der Waals surface area (Å²) in [6, 6.07) is 7.75. The van der Waals surface area contributed by atoms with Crippen molar-refractivity contribution in [3.05, 3.63) is 42.2 Å². The molecule has 1 aromatic carbocycles. The molecule has 2 aromatic rings. The highest BCUT2D eigenvalue weighted by atomic mass is 32.2. The Bertz CT molecular complexity index is 678. The first-order valence-corrected chi connectivity index (χ1v) is 6.94. The fourth-order valence-electron chi connectivity index (χ4n) is 1.76. The number of hydrogen-bond acceptors (Lipinski definition) is 5. The van der Waals surface area contributed by atoms with E-state index in [1.54, 1.807) is 18.6 Å². The first-order chi connectivity index (χ1) is 9.83. The number of imidazole rings is 1. The predicted molar refractivity (Wildman–Crippen MR) is 79.7 cm³/mol. The summed E-state index contributed by atoms with van der Waals surface area (Å²) in [7, 11) is 0. The van der Waals surface area contributed by atoms with E-state index in [1.165, 1.54) is 11.8 Å². The number of carbonyl (C=O) groups is 1. The molecule has 2 heterocycles. The largest absolute Gasteiger partial charge is 0.345 e. The first-order valence-electron chi connectivity index (χ1n) is 5.95. The van der Waals surface area contributed by atoms with Crippen molar-refractivity contribution in [3.63, 3.8) is 0 Å². The minimum atomic E-state index is -0.0417. The molecule has 1 amide bonds. The van der Waals surface area contributed by atoms with Crippen LogP contribution in [0.3, 0.4) is 0 Å². The molecule has 3 rings (SSSR count). The molecule has 1 saturated heterocycles. The third-order valence-electron chi connectivity index (χ3n) is 2.65. The van der Waals surface area contributed by atoms with Gasteiger partial charge in [0.05, 0.1) is 12.0 Å². The molecule has 2 N–H and O–H groups in total. The van der Waals surface area contributed by atoms with Crippen LogP contribution in [0, 0.1) is 0 Å². The van der Waals surface area contributed by atoms with Crippen LogP contribution < -0.4 is 5.32 Å². The molecule has 100 valence electrons. The molecule has 0 bridgehead atoms. The van der Waals surface area contributed by atoms with E-state index in [1.807, 2.05) is 24.3 Å². The van der Waals surface area contributed by atoms with Crippen LogP contribution in [0.15, 0.2) is 46.9 Å². The summed E-state index contributed by atoms with van der Waals surface area (Å²) in [6.07, 6.45) is 5.12. The highest BCUT2D eigenvalue weighted by molar-refractivity contribution is 8.15. The second kappa shape index (κ2) is 5.70. The summed E-state index contributed by atoms with van der Waals surface area (Å²) in [5.74, 6) is 1.14. The van der Waals surface area contributed by atoms with Gasteiger partial charge in [-0.15, -0.1) is 5.10 Å². The SMILES string of the molecule is O=C1CSC(=NN=Cc2ccccc2-c2ncc[nH]2)N1. The Morgan fingerprint density at radius 1 is 1.35 bits per heavy atom. The Morgan fingerprint density at radius 2 is 2.25 bits per heavy atom. The lowest BCUT2D eigenvalue weighted by Crippen LogP contribution is -2.19. The Labute approximate surface area is 119 Å². The van der Waals surface area contributed by atoms with Gasteiger partial charge < -0.3 is 10.3 Å². The molecule has 0 unspecified atom stereocenters. The standard InChI is InChI=1S/C13H11N5OS/c19-11-8-20-13(17-11)18-16-7-9-3-1-2-4-10(9)12-14-5-6-15-12/h1-7H,8H2,(H,14,15)(H,17,18,19). The van der Waals surface area contributed by atoms with Crippen LogP contribution in [-0.4, -0.2) is 33.0 Å². The van der Waals surface area contributed by atoms with E-state index in [0.29, 0.717) is 10.9 Å². The monoisotopic (exact) mass is 285 g/mol. The number of aromatic nitrogens is 2. The van der Waals surface area contributed by atoms with Crippen LogP contribution in [0.4, 0.5) is 0 Å². The van der Waals surface area contributed by atoms with Crippen LogP contribution in [0.5, 0.6) is 0 Å². The van der Waals surface area contributed by atoms with Gasteiger partial charge in [0.25, 0.3) is 0 Å². The Morgan fingerprint density at radius 3 is 3.00 bits per heavy atom. The van der Waals surface area contributed by atoms with Crippen molar-refractivity contribution in [2.75, 3.05) is 5.75 Å². The summed E-state index contributed by atoms with van der Waals surface area (Å²) in [5, 5.41) is 11.1. The van der Waals surface area contributed by atoms with Gasteiger partial charge in [-0.2, -0.15) is 5.10 Å². The fraction of sp³-hybridized carbons (Fsp3) is 0.0769. The number of rotatable bonds is 3. The lowest BCUT2D eigenvalue weighted by Gasteiger charge is -2.01. The van der Waals surface area contributed by atoms with Crippen LogP contribution >= 0.6 is 11.8 Å². The minimum Gasteiger partial charge on any atom is -0.345 e. The van der Waals surface area contributed by atoms with E-state index in [2.05, 4.69) is 25.5 Å². The summed E-state index contributed by atoms with van der Waals surface area (Å²) < 4.78 is 0. The van der Waals surface area contributed by atoms with Gasteiger partial charge in [-0.1, -0.05) is 36.0 Å². The molecule has 1 aromatic heterocycles. The van der Waals surface area contributed by atoms with Crippen molar-refractivity contribution >= 4 is 29.1 Å². The topological polar surface area (TPSA) is 82.5 Å². The summed E-state index contributed by atoms with van der Waals surface area (Å²) >= 11 is 1.34. The van der Waals surface area contributed by atoms with Crippen LogP contribution in [0.1, 0.15) is 5.56 Å². The van der Waals surface area contributed by atoms with E-state index >= 15 is 0 Å². The van der Waals surface area contributed by atoms with Crippen molar-refractivity contribution in [2.45, 2.75) is 0 Å². The van der Waals surface area contributed by atoms with Gasteiger partial charge in [0.2, 0.25) is 5.91 Å². The van der Waals surface area contributed by atoms with E-state index in [9.17, 15) is 4.79 Å².